The summed E-state index contributed by atoms with van der Waals surface area (Å²) in [5.74, 6) is 1.36. The fourth-order valence-corrected chi connectivity index (χ4v) is 4.78. The molecule has 0 amide bonds. The van der Waals surface area contributed by atoms with E-state index in [0.717, 1.165) is 28.8 Å². The highest BCUT2D eigenvalue weighted by molar-refractivity contribution is 5.79. The highest BCUT2D eigenvalue weighted by atomic mass is 16.3. The van der Waals surface area contributed by atoms with Crippen LogP contribution in [-0.4, -0.2) is 16.6 Å². The molecule has 2 aliphatic carbocycles. The number of aliphatic hydroxyl groups excluding tert-OH is 1. The molecule has 3 nitrogen and oxygen atoms in total. The summed E-state index contributed by atoms with van der Waals surface area (Å²) in [4.78, 5) is 4.35. The zero-order valence-electron chi connectivity index (χ0n) is 12.2. The second kappa shape index (κ2) is 4.79. The van der Waals surface area contributed by atoms with Crippen molar-refractivity contribution in [2.75, 3.05) is 6.54 Å². The van der Waals surface area contributed by atoms with Crippen LogP contribution in [0.4, 0.5) is 0 Å². The molecule has 2 fully saturated rings. The Morgan fingerprint density at radius 1 is 1.33 bits per heavy atom. The normalized spacial score (nSPS) is 32.7. The first-order chi connectivity index (χ1) is 10.2. The molecule has 0 aliphatic heterocycles. The van der Waals surface area contributed by atoms with Crippen molar-refractivity contribution in [1.29, 1.82) is 0 Å². The monoisotopic (exact) mass is 282 g/mol. The van der Waals surface area contributed by atoms with Gasteiger partial charge in [-0.05, 0) is 54.9 Å². The smallest absolute Gasteiger partial charge is 0.0861 e. The van der Waals surface area contributed by atoms with Crippen molar-refractivity contribution in [2.24, 2.45) is 23.0 Å². The number of pyridine rings is 1. The fraction of sp³-hybridized carbons (Fsp3) is 0.500. The van der Waals surface area contributed by atoms with Crippen LogP contribution in [0.25, 0.3) is 10.9 Å². The van der Waals surface area contributed by atoms with E-state index in [9.17, 15) is 5.11 Å². The maximum absolute atomic E-state index is 11.1. The van der Waals surface area contributed by atoms with Crippen molar-refractivity contribution in [2.45, 2.75) is 31.8 Å². The minimum atomic E-state index is -0.456. The van der Waals surface area contributed by atoms with E-state index >= 15 is 0 Å². The standard InChI is InChI=1S/C18H22N2O/c19-11-18(10-12-3-5-15(18)8-12)17(21)14-4-6-16-13(9-14)2-1-7-20-16/h1-2,4,6-7,9,12,15,17,21H,3,5,8,10-11,19H2. The molecule has 4 atom stereocenters. The van der Waals surface area contributed by atoms with E-state index in [4.69, 9.17) is 5.73 Å². The Bertz CT molecular complexity index is 671. The molecule has 2 aliphatic rings. The number of hydrogen-bond donors (Lipinski definition) is 2. The SMILES string of the molecule is NCC1(C(O)c2ccc3ncccc3c2)CC2CCC1C2. The van der Waals surface area contributed by atoms with Crippen molar-refractivity contribution in [3.8, 4) is 0 Å². The van der Waals surface area contributed by atoms with Crippen molar-refractivity contribution in [3.63, 3.8) is 0 Å². The molecule has 2 saturated carbocycles. The number of aliphatic hydroxyl groups is 1. The summed E-state index contributed by atoms with van der Waals surface area (Å²) in [6, 6.07) is 10.1. The quantitative estimate of drug-likeness (QED) is 0.909. The Hall–Kier alpha value is -1.45. The summed E-state index contributed by atoms with van der Waals surface area (Å²) in [6.45, 7) is 0.584. The number of nitrogens with zero attached hydrogens (tertiary/aromatic N) is 1. The molecule has 4 unspecified atom stereocenters. The van der Waals surface area contributed by atoms with Crippen LogP contribution in [0.15, 0.2) is 36.5 Å². The third kappa shape index (κ3) is 1.91. The highest BCUT2D eigenvalue weighted by Gasteiger charge is 2.54. The van der Waals surface area contributed by atoms with Crippen LogP contribution in [0.1, 0.15) is 37.4 Å². The maximum Gasteiger partial charge on any atom is 0.0861 e. The number of hydrogen-bond acceptors (Lipinski definition) is 3. The minimum Gasteiger partial charge on any atom is -0.388 e. The molecule has 2 bridgehead atoms. The van der Waals surface area contributed by atoms with E-state index in [0.29, 0.717) is 12.5 Å². The van der Waals surface area contributed by atoms with E-state index in [1.165, 1.54) is 19.3 Å². The summed E-state index contributed by atoms with van der Waals surface area (Å²) in [7, 11) is 0. The summed E-state index contributed by atoms with van der Waals surface area (Å²) in [5, 5.41) is 12.1. The fourth-order valence-electron chi connectivity index (χ4n) is 4.78. The molecule has 2 aromatic rings. The van der Waals surface area contributed by atoms with E-state index in [1.807, 2.05) is 18.2 Å². The molecule has 0 radical (unpaired) electrons. The van der Waals surface area contributed by atoms with Gasteiger partial charge in [0.15, 0.2) is 0 Å². The molecule has 1 aromatic carbocycles. The zero-order chi connectivity index (χ0) is 14.4. The molecule has 0 spiro atoms. The summed E-state index contributed by atoms with van der Waals surface area (Å²) >= 11 is 0. The predicted octanol–water partition coefficient (Wildman–Crippen LogP) is 3.03. The molecule has 0 saturated heterocycles. The highest BCUT2D eigenvalue weighted by Crippen LogP contribution is 2.60. The van der Waals surface area contributed by atoms with E-state index in [1.54, 1.807) is 6.20 Å². The molecule has 1 heterocycles. The molecule has 110 valence electrons. The molecular formula is C18H22N2O. The van der Waals surface area contributed by atoms with Gasteiger partial charge in [0.2, 0.25) is 0 Å². The second-order valence-electron chi connectivity index (χ2n) is 6.88. The molecule has 1 aromatic heterocycles. The molecular weight excluding hydrogens is 260 g/mol. The van der Waals surface area contributed by atoms with Crippen molar-refractivity contribution >= 4 is 10.9 Å². The van der Waals surface area contributed by atoms with Crippen molar-refractivity contribution in [1.82, 2.24) is 4.98 Å². The summed E-state index contributed by atoms with van der Waals surface area (Å²) in [6.07, 6.45) is 6.23. The topological polar surface area (TPSA) is 59.1 Å². The Kier molecular flexibility index (Phi) is 3.02. The number of fused-ring (bicyclic) bond motifs is 3. The molecule has 4 rings (SSSR count). The van der Waals surface area contributed by atoms with Crippen LogP contribution in [-0.2, 0) is 0 Å². The van der Waals surface area contributed by atoms with Gasteiger partial charge >= 0.3 is 0 Å². The number of benzene rings is 1. The van der Waals surface area contributed by atoms with Gasteiger partial charge in [0.1, 0.15) is 0 Å². The number of rotatable bonds is 3. The van der Waals surface area contributed by atoms with Gasteiger partial charge in [0, 0.05) is 23.5 Å². The van der Waals surface area contributed by atoms with Gasteiger partial charge < -0.3 is 10.8 Å². The lowest BCUT2D eigenvalue weighted by Gasteiger charge is -2.41. The summed E-state index contributed by atoms with van der Waals surface area (Å²) in [5.41, 5.74) is 7.99. The Morgan fingerprint density at radius 2 is 2.24 bits per heavy atom. The molecule has 21 heavy (non-hydrogen) atoms. The van der Waals surface area contributed by atoms with E-state index in [2.05, 4.69) is 17.1 Å². The second-order valence-corrected chi connectivity index (χ2v) is 6.88. The lowest BCUT2D eigenvalue weighted by molar-refractivity contribution is -0.0129. The van der Waals surface area contributed by atoms with Gasteiger partial charge in [0.25, 0.3) is 0 Å². The van der Waals surface area contributed by atoms with Gasteiger partial charge in [-0.3, -0.25) is 4.98 Å². The average Bonchev–Trinajstić information content (AvgIpc) is 3.15. The predicted molar refractivity (Wildman–Crippen MR) is 83.6 cm³/mol. The van der Waals surface area contributed by atoms with Crippen LogP contribution < -0.4 is 5.73 Å². The first-order valence-corrected chi connectivity index (χ1v) is 7.96. The maximum atomic E-state index is 11.1. The van der Waals surface area contributed by atoms with Crippen LogP contribution in [0.5, 0.6) is 0 Å². The Morgan fingerprint density at radius 3 is 2.95 bits per heavy atom. The van der Waals surface area contributed by atoms with Crippen LogP contribution in [0.3, 0.4) is 0 Å². The van der Waals surface area contributed by atoms with Crippen LogP contribution >= 0.6 is 0 Å². The summed E-state index contributed by atoms with van der Waals surface area (Å²) < 4.78 is 0. The largest absolute Gasteiger partial charge is 0.388 e. The third-order valence-electron chi connectivity index (χ3n) is 5.89. The van der Waals surface area contributed by atoms with Crippen LogP contribution in [0, 0.1) is 17.3 Å². The lowest BCUT2D eigenvalue weighted by Crippen LogP contribution is -2.41. The van der Waals surface area contributed by atoms with Gasteiger partial charge in [-0.15, -0.1) is 0 Å². The van der Waals surface area contributed by atoms with Gasteiger partial charge in [-0.1, -0.05) is 18.6 Å². The molecule has 3 N–H and O–H groups in total. The van der Waals surface area contributed by atoms with Gasteiger partial charge in [-0.25, -0.2) is 0 Å². The Balaban J connectivity index is 1.73. The average molecular weight is 282 g/mol. The Labute approximate surface area is 125 Å². The van der Waals surface area contributed by atoms with Gasteiger partial charge in [0.05, 0.1) is 11.6 Å². The van der Waals surface area contributed by atoms with E-state index in [-0.39, 0.29) is 5.41 Å². The lowest BCUT2D eigenvalue weighted by atomic mass is 9.67. The number of aromatic nitrogens is 1. The third-order valence-corrected chi connectivity index (χ3v) is 5.89. The zero-order valence-corrected chi connectivity index (χ0v) is 12.2. The van der Waals surface area contributed by atoms with Crippen molar-refractivity contribution < 1.29 is 5.11 Å². The minimum absolute atomic E-state index is 0.112. The first kappa shape index (κ1) is 13.2. The van der Waals surface area contributed by atoms with E-state index < -0.39 is 6.10 Å². The molecule has 3 heteroatoms. The van der Waals surface area contributed by atoms with Crippen molar-refractivity contribution in [3.05, 3.63) is 42.1 Å². The van der Waals surface area contributed by atoms with Crippen LogP contribution in [0.2, 0.25) is 0 Å². The number of nitrogens with two attached hydrogens (primary N) is 1. The van der Waals surface area contributed by atoms with Gasteiger partial charge in [-0.2, -0.15) is 0 Å². The first-order valence-electron chi connectivity index (χ1n) is 7.96.